The fourth-order valence-electron chi connectivity index (χ4n) is 2.28. The van der Waals surface area contributed by atoms with Crippen molar-refractivity contribution in [1.82, 2.24) is 4.98 Å². The van der Waals surface area contributed by atoms with Gasteiger partial charge in [-0.05, 0) is 35.9 Å². The second-order valence-electron chi connectivity index (χ2n) is 4.52. The van der Waals surface area contributed by atoms with E-state index in [2.05, 4.69) is 57.3 Å². The molecule has 0 unspecified atom stereocenters. The number of hydrogen-bond donors (Lipinski definition) is 1. The maximum absolute atomic E-state index is 5.38. The monoisotopic (exact) mass is 315 g/mol. The number of halogens is 1. The molecule has 0 saturated heterocycles. The minimum absolute atomic E-state index is 0.894. The number of rotatable bonds is 3. The molecule has 3 aromatic rings. The largest absolute Gasteiger partial charge is 0.496 e. The van der Waals surface area contributed by atoms with Crippen molar-refractivity contribution in [2.24, 2.45) is 0 Å². The summed E-state index contributed by atoms with van der Waals surface area (Å²) in [6.07, 6.45) is 0.894. The van der Waals surface area contributed by atoms with Crippen LogP contribution in [0.1, 0.15) is 11.3 Å². The van der Waals surface area contributed by atoms with Crippen molar-refractivity contribution in [3.8, 4) is 5.75 Å². The Morgan fingerprint density at radius 2 is 1.89 bits per heavy atom. The molecule has 19 heavy (non-hydrogen) atoms. The third-order valence-electron chi connectivity index (χ3n) is 3.21. The molecule has 0 radical (unpaired) electrons. The topological polar surface area (TPSA) is 25.0 Å². The third-order valence-corrected chi connectivity index (χ3v) is 3.74. The number of hydrogen-bond acceptors (Lipinski definition) is 1. The molecule has 1 heterocycles. The molecule has 0 aliphatic heterocycles. The lowest BCUT2D eigenvalue weighted by atomic mass is 10.1. The fourth-order valence-corrected chi connectivity index (χ4v) is 2.54. The number of methoxy groups -OCH3 is 1. The highest BCUT2D eigenvalue weighted by atomic mass is 79.9. The lowest BCUT2D eigenvalue weighted by Crippen LogP contribution is -1.87. The molecule has 0 atom stereocenters. The van der Waals surface area contributed by atoms with E-state index in [-0.39, 0.29) is 0 Å². The van der Waals surface area contributed by atoms with Gasteiger partial charge < -0.3 is 9.72 Å². The molecule has 96 valence electrons. The zero-order valence-corrected chi connectivity index (χ0v) is 12.2. The van der Waals surface area contributed by atoms with E-state index >= 15 is 0 Å². The van der Waals surface area contributed by atoms with E-state index in [9.17, 15) is 0 Å². The summed E-state index contributed by atoms with van der Waals surface area (Å²) in [6.45, 7) is 0. The van der Waals surface area contributed by atoms with Crippen LogP contribution in [0.5, 0.6) is 5.75 Å². The number of H-pyrrole nitrogens is 1. The Labute approximate surface area is 120 Å². The van der Waals surface area contributed by atoms with Crippen LogP contribution in [-0.2, 0) is 6.42 Å². The molecule has 0 bridgehead atoms. The van der Waals surface area contributed by atoms with Gasteiger partial charge >= 0.3 is 0 Å². The molecule has 0 spiro atoms. The molecule has 3 heteroatoms. The Bertz CT molecular complexity index is 700. The first-order valence-corrected chi connectivity index (χ1v) is 6.94. The second kappa shape index (κ2) is 5.10. The molecule has 0 amide bonds. The van der Waals surface area contributed by atoms with E-state index in [0.717, 1.165) is 27.5 Å². The molecule has 2 aromatic carbocycles. The first kappa shape index (κ1) is 12.3. The highest BCUT2D eigenvalue weighted by Gasteiger charge is 2.06. The van der Waals surface area contributed by atoms with Gasteiger partial charge in [-0.15, -0.1) is 0 Å². The van der Waals surface area contributed by atoms with Gasteiger partial charge in [0, 0.05) is 27.5 Å². The molecule has 0 saturated carbocycles. The predicted octanol–water partition coefficient (Wildman–Crippen LogP) is 4.53. The maximum atomic E-state index is 5.38. The number of aromatic amines is 1. The maximum Gasteiger partial charge on any atom is 0.128 e. The van der Waals surface area contributed by atoms with Crippen LogP contribution in [0.2, 0.25) is 0 Å². The van der Waals surface area contributed by atoms with Gasteiger partial charge in [0.1, 0.15) is 5.75 Å². The average molecular weight is 316 g/mol. The molecule has 0 aliphatic rings. The zero-order valence-electron chi connectivity index (χ0n) is 10.6. The summed E-state index contributed by atoms with van der Waals surface area (Å²) >= 11 is 3.45. The van der Waals surface area contributed by atoms with Crippen LogP contribution in [0.15, 0.2) is 53.0 Å². The Kier molecular flexibility index (Phi) is 3.30. The van der Waals surface area contributed by atoms with Crippen molar-refractivity contribution in [1.29, 1.82) is 0 Å². The van der Waals surface area contributed by atoms with E-state index < -0.39 is 0 Å². The molecule has 1 aromatic heterocycles. The van der Waals surface area contributed by atoms with E-state index in [1.807, 2.05) is 12.1 Å². The van der Waals surface area contributed by atoms with Crippen molar-refractivity contribution in [2.75, 3.05) is 7.11 Å². The van der Waals surface area contributed by atoms with Crippen molar-refractivity contribution in [3.05, 3.63) is 64.3 Å². The Hall–Kier alpha value is -1.74. The summed E-state index contributed by atoms with van der Waals surface area (Å²) in [5.41, 5.74) is 3.60. The number of fused-ring (bicyclic) bond motifs is 1. The standard InChI is InChI=1S/C16H14BrNO/c1-19-16-4-2-3-15-14(16)10-13(18-15)9-11-5-7-12(17)8-6-11/h2-8,10,18H,9H2,1H3. The highest BCUT2D eigenvalue weighted by Crippen LogP contribution is 2.27. The van der Waals surface area contributed by atoms with Crippen LogP contribution >= 0.6 is 15.9 Å². The minimum Gasteiger partial charge on any atom is -0.496 e. The SMILES string of the molecule is COc1cccc2[nH]c(Cc3ccc(Br)cc3)cc12. The summed E-state index contributed by atoms with van der Waals surface area (Å²) in [5.74, 6) is 0.913. The summed E-state index contributed by atoms with van der Waals surface area (Å²) in [6, 6.07) is 16.6. The molecule has 3 rings (SSSR count). The first-order valence-electron chi connectivity index (χ1n) is 6.15. The van der Waals surface area contributed by atoms with Crippen LogP contribution in [0.4, 0.5) is 0 Å². The van der Waals surface area contributed by atoms with Gasteiger partial charge in [0.15, 0.2) is 0 Å². The van der Waals surface area contributed by atoms with Crippen molar-refractivity contribution in [2.45, 2.75) is 6.42 Å². The van der Waals surface area contributed by atoms with E-state index in [1.54, 1.807) is 7.11 Å². The lowest BCUT2D eigenvalue weighted by molar-refractivity contribution is 0.420. The van der Waals surface area contributed by atoms with E-state index in [1.165, 1.54) is 11.3 Å². The lowest BCUT2D eigenvalue weighted by Gasteiger charge is -1.99. The molecule has 1 N–H and O–H groups in total. The Morgan fingerprint density at radius 1 is 1.11 bits per heavy atom. The van der Waals surface area contributed by atoms with E-state index in [0.29, 0.717) is 0 Å². The van der Waals surface area contributed by atoms with Crippen molar-refractivity contribution < 1.29 is 4.74 Å². The summed E-state index contributed by atoms with van der Waals surface area (Å²) < 4.78 is 6.49. The average Bonchev–Trinajstić information content (AvgIpc) is 2.83. The predicted molar refractivity (Wildman–Crippen MR) is 81.8 cm³/mol. The van der Waals surface area contributed by atoms with Crippen LogP contribution in [0.3, 0.4) is 0 Å². The zero-order chi connectivity index (χ0) is 13.2. The fraction of sp³-hybridized carbons (Fsp3) is 0.125. The normalized spacial score (nSPS) is 10.8. The van der Waals surface area contributed by atoms with Crippen LogP contribution in [0.25, 0.3) is 10.9 Å². The van der Waals surface area contributed by atoms with Gasteiger partial charge in [-0.1, -0.05) is 34.1 Å². The molecular weight excluding hydrogens is 302 g/mol. The molecule has 0 fully saturated rings. The van der Waals surface area contributed by atoms with Gasteiger partial charge in [0.25, 0.3) is 0 Å². The van der Waals surface area contributed by atoms with Crippen molar-refractivity contribution >= 4 is 26.8 Å². The summed E-state index contributed by atoms with van der Waals surface area (Å²) in [7, 11) is 1.70. The summed E-state index contributed by atoms with van der Waals surface area (Å²) in [4.78, 5) is 3.44. The van der Waals surface area contributed by atoms with Gasteiger partial charge in [0.05, 0.1) is 7.11 Å². The minimum atomic E-state index is 0.894. The van der Waals surface area contributed by atoms with Crippen LogP contribution < -0.4 is 4.74 Å². The number of benzene rings is 2. The quantitative estimate of drug-likeness (QED) is 0.754. The van der Waals surface area contributed by atoms with Crippen LogP contribution in [-0.4, -0.2) is 12.1 Å². The van der Waals surface area contributed by atoms with Gasteiger partial charge in [-0.25, -0.2) is 0 Å². The second-order valence-corrected chi connectivity index (χ2v) is 5.44. The number of aromatic nitrogens is 1. The number of ether oxygens (including phenoxy) is 1. The molecule has 2 nitrogen and oxygen atoms in total. The smallest absolute Gasteiger partial charge is 0.128 e. The van der Waals surface area contributed by atoms with Gasteiger partial charge in [-0.3, -0.25) is 0 Å². The third kappa shape index (κ3) is 2.51. The summed E-state index contributed by atoms with van der Waals surface area (Å²) in [5, 5.41) is 1.14. The highest BCUT2D eigenvalue weighted by molar-refractivity contribution is 9.10. The Balaban J connectivity index is 1.95. The van der Waals surface area contributed by atoms with E-state index in [4.69, 9.17) is 4.74 Å². The first-order chi connectivity index (χ1) is 9.26. The molecule has 0 aliphatic carbocycles. The van der Waals surface area contributed by atoms with Gasteiger partial charge in [0.2, 0.25) is 0 Å². The Morgan fingerprint density at radius 3 is 2.63 bits per heavy atom. The van der Waals surface area contributed by atoms with Gasteiger partial charge in [-0.2, -0.15) is 0 Å². The molecular formula is C16H14BrNO. The number of nitrogens with one attached hydrogen (secondary N) is 1. The van der Waals surface area contributed by atoms with Crippen molar-refractivity contribution in [3.63, 3.8) is 0 Å². The van der Waals surface area contributed by atoms with Crippen LogP contribution in [0, 0.1) is 0 Å².